The molecule has 0 unspecified atom stereocenters. The number of nitrogens with two attached hydrogens (primary N) is 1. The van der Waals surface area contributed by atoms with E-state index in [1.807, 2.05) is 6.07 Å². The van der Waals surface area contributed by atoms with Gasteiger partial charge in [-0.1, -0.05) is 17.7 Å². The summed E-state index contributed by atoms with van der Waals surface area (Å²) in [6.45, 7) is 0.697. The zero-order valence-corrected chi connectivity index (χ0v) is 8.09. The lowest BCUT2D eigenvalue weighted by molar-refractivity contribution is 0.624. The molecule has 0 spiro atoms. The Morgan fingerprint density at radius 3 is 2.93 bits per heavy atom. The molecule has 1 aliphatic carbocycles. The molecule has 1 aliphatic rings. The molecule has 2 N–H and O–H groups in total. The molecule has 2 rings (SSSR count). The third-order valence-electron chi connectivity index (χ3n) is 2.65. The van der Waals surface area contributed by atoms with Crippen molar-refractivity contribution in [2.75, 3.05) is 6.54 Å². The van der Waals surface area contributed by atoms with Crippen molar-refractivity contribution in [1.82, 2.24) is 0 Å². The fraction of sp³-hybridized carbons (Fsp3) is 0.333. The second-order valence-electron chi connectivity index (χ2n) is 3.68. The number of fused-ring (bicyclic) bond motifs is 1. The largest absolute Gasteiger partial charge is 0.330 e. The lowest BCUT2D eigenvalue weighted by Gasteiger charge is -2.15. The monoisotopic (exact) mass is 191 g/mol. The highest BCUT2D eigenvalue weighted by atomic mass is 19.1. The van der Waals surface area contributed by atoms with Gasteiger partial charge in [-0.05, 0) is 49.1 Å². The molecule has 2 heteroatoms. The van der Waals surface area contributed by atoms with Crippen LogP contribution in [-0.4, -0.2) is 6.54 Å². The van der Waals surface area contributed by atoms with Crippen LogP contribution >= 0.6 is 0 Å². The van der Waals surface area contributed by atoms with Gasteiger partial charge in [0.25, 0.3) is 0 Å². The fourth-order valence-electron chi connectivity index (χ4n) is 1.90. The Morgan fingerprint density at radius 1 is 1.29 bits per heavy atom. The summed E-state index contributed by atoms with van der Waals surface area (Å²) in [5, 5.41) is 0. The van der Waals surface area contributed by atoms with E-state index in [0.717, 1.165) is 30.4 Å². The van der Waals surface area contributed by atoms with E-state index in [2.05, 4.69) is 6.08 Å². The molecule has 0 radical (unpaired) electrons. The van der Waals surface area contributed by atoms with Gasteiger partial charge in [-0.2, -0.15) is 0 Å². The van der Waals surface area contributed by atoms with Crippen LogP contribution in [-0.2, 0) is 6.42 Å². The van der Waals surface area contributed by atoms with Crippen LogP contribution in [0.25, 0.3) is 6.08 Å². The van der Waals surface area contributed by atoms with Gasteiger partial charge < -0.3 is 5.73 Å². The van der Waals surface area contributed by atoms with Crippen molar-refractivity contribution in [1.29, 1.82) is 0 Å². The first-order valence-corrected chi connectivity index (χ1v) is 4.97. The molecule has 0 bridgehead atoms. The zero-order chi connectivity index (χ0) is 9.97. The van der Waals surface area contributed by atoms with Crippen molar-refractivity contribution in [3.63, 3.8) is 0 Å². The van der Waals surface area contributed by atoms with Crippen LogP contribution in [0.1, 0.15) is 24.0 Å². The number of hydrogen-bond donors (Lipinski definition) is 1. The summed E-state index contributed by atoms with van der Waals surface area (Å²) in [5.74, 6) is -0.139. The van der Waals surface area contributed by atoms with Crippen molar-refractivity contribution >= 4 is 6.08 Å². The van der Waals surface area contributed by atoms with Gasteiger partial charge in [-0.25, -0.2) is 4.39 Å². The molecule has 0 aliphatic heterocycles. The summed E-state index contributed by atoms with van der Waals surface area (Å²) < 4.78 is 12.9. The van der Waals surface area contributed by atoms with Gasteiger partial charge in [0.15, 0.2) is 0 Å². The Labute approximate surface area is 83.4 Å². The Morgan fingerprint density at radius 2 is 2.14 bits per heavy atom. The van der Waals surface area contributed by atoms with Crippen molar-refractivity contribution in [3.05, 3.63) is 40.7 Å². The maximum absolute atomic E-state index is 12.9. The molecular formula is C12H14FN. The minimum absolute atomic E-state index is 0.139. The minimum atomic E-state index is -0.139. The highest BCUT2D eigenvalue weighted by molar-refractivity contribution is 5.59. The van der Waals surface area contributed by atoms with Gasteiger partial charge >= 0.3 is 0 Å². The van der Waals surface area contributed by atoms with Gasteiger partial charge in [0.2, 0.25) is 0 Å². The SMILES string of the molecule is NCCC1=Cc2ccc(F)cc2CC1. The Kier molecular flexibility index (Phi) is 2.64. The highest BCUT2D eigenvalue weighted by Crippen LogP contribution is 2.25. The van der Waals surface area contributed by atoms with Crippen molar-refractivity contribution in [2.45, 2.75) is 19.3 Å². The summed E-state index contributed by atoms with van der Waals surface area (Å²) in [5.41, 5.74) is 9.15. The van der Waals surface area contributed by atoms with Crippen molar-refractivity contribution in [2.24, 2.45) is 5.73 Å². The number of benzene rings is 1. The Bertz CT molecular complexity index is 369. The molecule has 0 atom stereocenters. The van der Waals surface area contributed by atoms with E-state index < -0.39 is 0 Å². The fourth-order valence-corrected chi connectivity index (χ4v) is 1.90. The Hall–Kier alpha value is -1.15. The third kappa shape index (κ3) is 1.85. The van der Waals surface area contributed by atoms with Crippen LogP contribution < -0.4 is 5.73 Å². The van der Waals surface area contributed by atoms with E-state index in [1.165, 1.54) is 11.6 Å². The quantitative estimate of drug-likeness (QED) is 0.763. The van der Waals surface area contributed by atoms with Crippen molar-refractivity contribution < 1.29 is 4.39 Å². The molecule has 74 valence electrons. The van der Waals surface area contributed by atoms with Crippen LogP contribution in [0.15, 0.2) is 23.8 Å². The van der Waals surface area contributed by atoms with Crippen molar-refractivity contribution in [3.8, 4) is 0 Å². The van der Waals surface area contributed by atoms with Gasteiger partial charge in [-0.15, -0.1) is 0 Å². The van der Waals surface area contributed by atoms with E-state index in [9.17, 15) is 4.39 Å². The number of aryl methyl sites for hydroxylation is 1. The predicted octanol–water partition coefficient (Wildman–Crippen LogP) is 2.50. The Balaban J connectivity index is 2.30. The van der Waals surface area contributed by atoms with E-state index in [0.29, 0.717) is 6.54 Å². The average molecular weight is 191 g/mol. The lowest BCUT2D eigenvalue weighted by Crippen LogP contribution is -2.05. The summed E-state index contributed by atoms with van der Waals surface area (Å²) in [6.07, 6.45) is 5.06. The summed E-state index contributed by atoms with van der Waals surface area (Å²) in [4.78, 5) is 0. The van der Waals surface area contributed by atoms with Crippen LogP contribution in [0.4, 0.5) is 4.39 Å². The maximum Gasteiger partial charge on any atom is 0.123 e. The smallest absolute Gasteiger partial charge is 0.123 e. The molecule has 0 heterocycles. The molecule has 0 saturated heterocycles. The van der Waals surface area contributed by atoms with E-state index >= 15 is 0 Å². The molecule has 1 aromatic rings. The molecule has 0 aromatic heterocycles. The molecule has 1 nitrogen and oxygen atoms in total. The van der Waals surface area contributed by atoms with Gasteiger partial charge in [0.05, 0.1) is 0 Å². The zero-order valence-electron chi connectivity index (χ0n) is 8.09. The lowest BCUT2D eigenvalue weighted by atomic mass is 9.91. The van der Waals surface area contributed by atoms with Crippen LogP contribution in [0.3, 0.4) is 0 Å². The topological polar surface area (TPSA) is 26.0 Å². The normalized spacial score (nSPS) is 14.9. The number of rotatable bonds is 2. The predicted molar refractivity (Wildman–Crippen MR) is 56.4 cm³/mol. The van der Waals surface area contributed by atoms with Crippen LogP contribution in [0.2, 0.25) is 0 Å². The molecule has 14 heavy (non-hydrogen) atoms. The molecule has 0 amide bonds. The van der Waals surface area contributed by atoms with E-state index in [1.54, 1.807) is 6.07 Å². The second-order valence-corrected chi connectivity index (χ2v) is 3.68. The first-order chi connectivity index (χ1) is 6.79. The van der Waals surface area contributed by atoms with Gasteiger partial charge in [0.1, 0.15) is 5.82 Å². The first kappa shape index (κ1) is 9.41. The molecular weight excluding hydrogens is 177 g/mol. The van der Waals surface area contributed by atoms with Crippen LogP contribution in [0, 0.1) is 5.82 Å². The second kappa shape index (κ2) is 3.93. The third-order valence-corrected chi connectivity index (χ3v) is 2.65. The maximum atomic E-state index is 12.9. The molecule has 1 aromatic carbocycles. The minimum Gasteiger partial charge on any atom is -0.330 e. The average Bonchev–Trinajstić information content (AvgIpc) is 2.19. The number of halogens is 1. The summed E-state index contributed by atoms with van der Waals surface area (Å²) in [7, 11) is 0. The van der Waals surface area contributed by atoms with Gasteiger partial charge in [0, 0.05) is 0 Å². The van der Waals surface area contributed by atoms with E-state index in [4.69, 9.17) is 5.73 Å². The number of hydrogen-bond acceptors (Lipinski definition) is 1. The van der Waals surface area contributed by atoms with Gasteiger partial charge in [-0.3, -0.25) is 0 Å². The highest BCUT2D eigenvalue weighted by Gasteiger charge is 2.10. The summed E-state index contributed by atoms with van der Waals surface area (Å²) >= 11 is 0. The first-order valence-electron chi connectivity index (χ1n) is 4.97. The molecule has 0 saturated carbocycles. The summed E-state index contributed by atoms with van der Waals surface area (Å²) in [6, 6.07) is 4.99. The standard InChI is InChI=1S/C12H14FN/c13-12-4-3-10-7-9(5-6-14)1-2-11(10)8-12/h3-4,7-8H,1-2,5-6,14H2. The molecule has 0 fully saturated rings. The van der Waals surface area contributed by atoms with E-state index in [-0.39, 0.29) is 5.82 Å². The van der Waals surface area contributed by atoms with Crippen LogP contribution in [0.5, 0.6) is 0 Å².